The molecule has 2 heterocycles. The Morgan fingerprint density at radius 3 is 2.74 bits per heavy atom. The molecule has 0 aliphatic carbocycles. The number of benzene rings is 1. The van der Waals surface area contributed by atoms with Crippen molar-refractivity contribution in [1.29, 1.82) is 0 Å². The number of amides is 1. The predicted molar refractivity (Wildman–Crippen MR) is 102 cm³/mol. The van der Waals surface area contributed by atoms with Gasteiger partial charge < -0.3 is 14.5 Å². The quantitative estimate of drug-likeness (QED) is 0.490. The number of ketones is 1. The average Bonchev–Trinajstić information content (AvgIpc) is 3.25. The summed E-state index contributed by atoms with van der Waals surface area (Å²) in [5.74, 6) is -1.19. The second kappa shape index (κ2) is 7.94. The average molecular weight is 406 g/mol. The molecule has 8 heteroatoms. The van der Waals surface area contributed by atoms with E-state index in [0.717, 1.165) is 4.88 Å². The molecule has 0 saturated heterocycles. The number of furan rings is 1. The summed E-state index contributed by atoms with van der Waals surface area (Å²) < 4.78 is 10.7. The Labute approximate surface area is 164 Å². The fraction of sp³-hybridized carbons (Fsp3) is 0.211. The molecule has 1 aromatic carbocycles. The number of thiophene rings is 1. The molecule has 0 bridgehead atoms. The molecule has 2 aromatic heterocycles. The van der Waals surface area contributed by atoms with Crippen LogP contribution in [0.15, 0.2) is 40.8 Å². The minimum atomic E-state index is -0.971. The Morgan fingerprint density at radius 2 is 2.00 bits per heavy atom. The lowest BCUT2D eigenvalue weighted by Gasteiger charge is -2.09. The summed E-state index contributed by atoms with van der Waals surface area (Å²) in [5, 5.41) is 3.87. The van der Waals surface area contributed by atoms with E-state index in [1.807, 2.05) is 0 Å². The molecule has 0 aliphatic rings. The number of hydrogen-bond acceptors (Lipinski definition) is 6. The lowest BCUT2D eigenvalue weighted by molar-refractivity contribution is -0.119. The van der Waals surface area contributed by atoms with Crippen molar-refractivity contribution in [3.05, 3.63) is 56.9 Å². The van der Waals surface area contributed by atoms with Crippen LogP contribution in [0.4, 0.5) is 0 Å². The molecule has 1 amide bonds. The highest BCUT2D eigenvalue weighted by molar-refractivity contribution is 7.14. The van der Waals surface area contributed by atoms with Crippen molar-refractivity contribution < 1.29 is 23.5 Å². The van der Waals surface area contributed by atoms with Crippen molar-refractivity contribution in [2.45, 2.75) is 26.5 Å². The van der Waals surface area contributed by atoms with Gasteiger partial charge in [0.05, 0.1) is 11.4 Å². The van der Waals surface area contributed by atoms with Crippen LogP contribution in [-0.4, -0.2) is 23.8 Å². The highest BCUT2D eigenvalue weighted by atomic mass is 35.5. The van der Waals surface area contributed by atoms with E-state index < -0.39 is 12.1 Å². The SMILES string of the molecule is CC(=O)NCc1ccc(C(=O)C(C)OC(=O)c2cc3cc(Cl)ccc3o2)s1. The van der Waals surface area contributed by atoms with Crippen LogP contribution < -0.4 is 5.32 Å². The van der Waals surface area contributed by atoms with E-state index in [1.165, 1.54) is 31.3 Å². The maximum absolute atomic E-state index is 12.5. The Morgan fingerprint density at radius 1 is 1.22 bits per heavy atom. The molecule has 3 aromatic rings. The molecule has 3 rings (SSSR count). The van der Waals surface area contributed by atoms with Gasteiger partial charge in [0.2, 0.25) is 17.5 Å². The number of nitrogens with one attached hydrogen (secondary N) is 1. The topological polar surface area (TPSA) is 85.6 Å². The van der Waals surface area contributed by atoms with Gasteiger partial charge in [-0.25, -0.2) is 4.79 Å². The first-order valence-electron chi connectivity index (χ1n) is 8.11. The third-order valence-electron chi connectivity index (χ3n) is 3.75. The number of hydrogen-bond donors (Lipinski definition) is 1. The third kappa shape index (κ3) is 4.56. The Balaban J connectivity index is 1.66. The smallest absolute Gasteiger partial charge is 0.374 e. The molecular weight excluding hydrogens is 390 g/mol. The van der Waals surface area contributed by atoms with E-state index in [9.17, 15) is 14.4 Å². The van der Waals surface area contributed by atoms with Gasteiger partial charge in [-0.1, -0.05) is 11.6 Å². The van der Waals surface area contributed by atoms with Crippen molar-refractivity contribution in [3.8, 4) is 0 Å². The molecule has 0 spiro atoms. The van der Waals surface area contributed by atoms with Crippen molar-refractivity contribution in [2.75, 3.05) is 0 Å². The molecular formula is C19H16ClNO5S. The second-order valence-corrected chi connectivity index (χ2v) is 7.49. The second-order valence-electron chi connectivity index (χ2n) is 5.88. The van der Waals surface area contributed by atoms with Gasteiger partial charge in [0.15, 0.2) is 6.10 Å². The number of carbonyl (C=O) groups excluding carboxylic acids is 3. The highest BCUT2D eigenvalue weighted by Gasteiger charge is 2.24. The number of Topliss-reactive ketones (excluding diaryl/α,β-unsaturated/α-hetero) is 1. The third-order valence-corrected chi connectivity index (χ3v) is 5.08. The summed E-state index contributed by atoms with van der Waals surface area (Å²) in [6, 6.07) is 9.92. The first kappa shape index (κ1) is 19.1. The fourth-order valence-corrected chi connectivity index (χ4v) is 3.55. The number of ether oxygens (including phenoxy) is 1. The van der Waals surface area contributed by atoms with Crippen molar-refractivity contribution >= 4 is 51.6 Å². The zero-order chi connectivity index (χ0) is 19.6. The van der Waals surface area contributed by atoms with Crippen LogP contribution in [0.2, 0.25) is 5.02 Å². The summed E-state index contributed by atoms with van der Waals surface area (Å²) in [6.07, 6.45) is -0.971. The molecule has 6 nitrogen and oxygen atoms in total. The zero-order valence-corrected chi connectivity index (χ0v) is 16.1. The maximum Gasteiger partial charge on any atom is 0.374 e. The van der Waals surface area contributed by atoms with E-state index in [2.05, 4.69) is 5.32 Å². The van der Waals surface area contributed by atoms with E-state index in [-0.39, 0.29) is 17.5 Å². The molecule has 1 unspecified atom stereocenters. The fourth-order valence-electron chi connectivity index (χ4n) is 2.40. The lowest BCUT2D eigenvalue weighted by atomic mass is 10.2. The number of halogens is 1. The van der Waals surface area contributed by atoms with Gasteiger partial charge in [-0.05, 0) is 43.3 Å². The van der Waals surface area contributed by atoms with Crippen LogP contribution in [0.3, 0.4) is 0 Å². The van der Waals surface area contributed by atoms with Crippen LogP contribution in [0.25, 0.3) is 11.0 Å². The molecule has 0 saturated carbocycles. The van der Waals surface area contributed by atoms with Gasteiger partial charge in [0.25, 0.3) is 0 Å². The first-order chi connectivity index (χ1) is 12.8. The Bertz CT molecular complexity index is 1020. The monoisotopic (exact) mass is 405 g/mol. The molecule has 0 radical (unpaired) electrons. The first-order valence-corrected chi connectivity index (χ1v) is 9.30. The summed E-state index contributed by atoms with van der Waals surface area (Å²) in [6.45, 7) is 3.28. The molecule has 27 heavy (non-hydrogen) atoms. The van der Waals surface area contributed by atoms with Crippen LogP contribution in [0.5, 0.6) is 0 Å². The van der Waals surface area contributed by atoms with E-state index in [1.54, 1.807) is 30.3 Å². The molecule has 1 N–H and O–H groups in total. The minimum absolute atomic E-state index is 0.00411. The standard InChI is InChI=1S/C19H16ClNO5S/c1-10(18(23)17-6-4-14(27-17)9-21-11(2)22)25-19(24)16-8-12-7-13(20)3-5-15(12)26-16/h3-8,10H,9H2,1-2H3,(H,21,22). The van der Waals surface area contributed by atoms with Crippen LogP contribution in [0, 0.1) is 0 Å². The summed E-state index contributed by atoms with van der Waals surface area (Å²) >= 11 is 7.16. The van der Waals surface area contributed by atoms with Gasteiger partial charge in [0.1, 0.15) is 5.58 Å². The maximum atomic E-state index is 12.5. The van der Waals surface area contributed by atoms with Gasteiger partial charge in [0, 0.05) is 22.2 Å². The summed E-state index contributed by atoms with van der Waals surface area (Å²) in [4.78, 5) is 37.0. The summed E-state index contributed by atoms with van der Waals surface area (Å²) in [7, 11) is 0. The largest absolute Gasteiger partial charge is 0.449 e. The Hall–Kier alpha value is -2.64. The number of carbonyl (C=O) groups is 3. The van der Waals surface area contributed by atoms with Gasteiger partial charge in [-0.15, -0.1) is 11.3 Å². The van der Waals surface area contributed by atoms with Gasteiger partial charge in [-0.2, -0.15) is 0 Å². The molecule has 0 fully saturated rings. The van der Waals surface area contributed by atoms with E-state index in [0.29, 0.717) is 27.4 Å². The lowest BCUT2D eigenvalue weighted by Crippen LogP contribution is -2.23. The highest BCUT2D eigenvalue weighted by Crippen LogP contribution is 2.24. The number of rotatable bonds is 6. The normalized spacial score (nSPS) is 12.0. The zero-order valence-electron chi connectivity index (χ0n) is 14.6. The molecule has 1 atom stereocenters. The van der Waals surface area contributed by atoms with Crippen LogP contribution >= 0.6 is 22.9 Å². The van der Waals surface area contributed by atoms with Crippen LogP contribution in [-0.2, 0) is 16.1 Å². The van der Waals surface area contributed by atoms with Crippen molar-refractivity contribution in [2.24, 2.45) is 0 Å². The predicted octanol–water partition coefficient (Wildman–Crippen LogP) is 4.21. The number of esters is 1. The van der Waals surface area contributed by atoms with Gasteiger partial charge >= 0.3 is 5.97 Å². The van der Waals surface area contributed by atoms with E-state index in [4.69, 9.17) is 20.8 Å². The van der Waals surface area contributed by atoms with Crippen LogP contribution in [0.1, 0.15) is 39.0 Å². The van der Waals surface area contributed by atoms with Gasteiger partial charge in [-0.3, -0.25) is 9.59 Å². The van der Waals surface area contributed by atoms with E-state index >= 15 is 0 Å². The number of fused-ring (bicyclic) bond motifs is 1. The Kier molecular flexibility index (Phi) is 5.62. The van der Waals surface area contributed by atoms with Crippen molar-refractivity contribution in [1.82, 2.24) is 5.32 Å². The minimum Gasteiger partial charge on any atom is -0.449 e. The summed E-state index contributed by atoms with van der Waals surface area (Å²) in [5.41, 5.74) is 0.506. The van der Waals surface area contributed by atoms with Crippen molar-refractivity contribution in [3.63, 3.8) is 0 Å². The molecule has 0 aliphatic heterocycles. The molecule has 140 valence electrons.